The summed E-state index contributed by atoms with van der Waals surface area (Å²) in [4.78, 5) is 12.4. The van der Waals surface area contributed by atoms with E-state index >= 15 is 0 Å². The van der Waals surface area contributed by atoms with E-state index in [0.29, 0.717) is 5.02 Å². The molecule has 0 unspecified atom stereocenters. The van der Waals surface area contributed by atoms with Crippen LogP contribution in [0.3, 0.4) is 0 Å². The molecule has 3 rings (SSSR count). The van der Waals surface area contributed by atoms with Crippen LogP contribution < -0.4 is 14.8 Å². The molecule has 37 heavy (non-hydrogen) atoms. The molecule has 0 spiro atoms. The van der Waals surface area contributed by atoms with Gasteiger partial charge in [0.05, 0.1) is 17.6 Å². The maximum atomic E-state index is 14.5. The van der Waals surface area contributed by atoms with Gasteiger partial charge in [0.2, 0.25) is 10.0 Å². The Hall–Kier alpha value is -3.19. The summed E-state index contributed by atoms with van der Waals surface area (Å²) in [5.74, 6) is -1.91. The average molecular weight is 570 g/mol. The molecule has 0 atom stereocenters. The molecule has 0 fully saturated rings. The van der Waals surface area contributed by atoms with E-state index in [0.717, 1.165) is 24.3 Å². The number of halogens is 2. The number of methoxy groups -OCH3 is 1. The summed E-state index contributed by atoms with van der Waals surface area (Å²) in [6, 6.07) is 12.7. The van der Waals surface area contributed by atoms with Crippen LogP contribution in [0.4, 0.5) is 15.8 Å². The highest BCUT2D eigenvalue weighted by molar-refractivity contribution is 7.92. The van der Waals surface area contributed by atoms with Gasteiger partial charge in [-0.2, -0.15) is 4.31 Å². The summed E-state index contributed by atoms with van der Waals surface area (Å²) in [7, 11) is -6.83. The van der Waals surface area contributed by atoms with E-state index in [4.69, 9.17) is 16.3 Å². The molecule has 0 radical (unpaired) electrons. The number of hydrogen-bond donors (Lipinski definition) is 2. The van der Waals surface area contributed by atoms with E-state index in [-0.39, 0.29) is 40.0 Å². The lowest BCUT2D eigenvalue weighted by atomic mass is 10.2. The van der Waals surface area contributed by atoms with Gasteiger partial charge in [0, 0.05) is 29.5 Å². The Bertz CT molecular complexity index is 1510. The van der Waals surface area contributed by atoms with Gasteiger partial charge < -0.3 is 10.1 Å². The Morgan fingerprint density at radius 3 is 2.16 bits per heavy atom. The summed E-state index contributed by atoms with van der Waals surface area (Å²) in [5, 5.41) is 2.84. The number of nitrogens with one attached hydrogen (secondary N) is 2. The summed E-state index contributed by atoms with van der Waals surface area (Å²) in [5.41, 5.74) is -0.263. The van der Waals surface area contributed by atoms with E-state index in [1.807, 2.05) is 0 Å². The van der Waals surface area contributed by atoms with Crippen molar-refractivity contribution in [3.63, 3.8) is 0 Å². The zero-order valence-electron chi connectivity index (χ0n) is 20.2. The Morgan fingerprint density at radius 2 is 1.57 bits per heavy atom. The first kappa shape index (κ1) is 28.4. The molecule has 0 heterocycles. The third kappa shape index (κ3) is 6.39. The normalized spacial score (nSPS) is 11.8. The highest BCUT2D eigenvalue weighted by Crippen LogP contribution is 2.30. The third-order valence-corrected chi connectivity index (χ3v) is 9.03. The first-order valence-corrected chi connectivity index (χ1v) is 14.3. The maximum Gasteiger partial charge on any atom is 0.265 e. The van der Waals surface area contributed by atoms with Crippen molar-refractivity contribution in [3.05, 3.63) is 77.1 Å². The van der Waals surface area contributed by atoms with Crippen LogP contribution in [0.5, 0.6) is 5.75 Å². The van der Waals surface area contributed by atoms with Gasteiger partial charge in [0.15, 0.2) is 0 Å². The molecule has 0 bridgehead atoms. The van der Waals surface area contributed by atoms with E-state index < -0.39 is 37.3 Å². The van der Waals surface area contributed by atoms with Crippen LogP contribution in [-0.4, -0.2) is 47.2 Å². The van der Waals surface area contributed by atoms with Gasteiger partial charge in [-0.15, -0.1) is 0 Å². The van der Waals surface area contributed by atoms with Crippen LogP contribution in [0.25, 0.3) is 0 Å². The number of nitrogens with zero attached hydrogens (tertiary/aromatic N) is 1. The smallest absolute Gasteiger partial charge is 0.265 e. The van der Waals surface area contributed by atoms with Crippen molar-refractivity contribution in [1.29, 1.82) is 0 Å². The lowest BCUT2D eigenvalue weighted by molar-refractivity contribution is 0.102. The quantitative estimate of drug-likeness (QED) is 0.369. The lowest BCUT2D eigenvalue weighted by Crippen LogP contribution is -2.31. The topological polar surface area (TPSA) is 122 Å². The molecule has 13 heteroatoms. The van der Waals surface area contributed by atoms with Crippen molar-refractivity contribution >= 4 is 48.9 Å². The standard InChI is InChI=1S/C24H25ClFN3O6S2/c1-4-29(5-2)37(33,34)19-11-12-21(26)20(15-19)24(30)27-18-10-13-22(35-3)23(14-18)36(31,32)28-17-8-6-16(25)7-9-17/h6-15,28H,4-5H2,1-3H3,(H,27,30). The highest BCUT2D eigenvalue weighted by Gasteiger charge is 2.25. The Morgan fingerprint density at radius 1 is 0.946 bits per heavy atom. The summed E-state index contributed by atoms with van der Waals surface area (Å²) < 4.78 is 75.0. The summed E-state index contributed by atoms with van der Waals surface area (Å²) in [6.45, 7) is 3.72. The predicted molar refractivity (Wildman–Crippen MR) is 140 cm³/mol. The second-order valence-corrected chi connectivity index (χ2v) is 11.7. The van der Waals surface area contributed by atoms with Crippen LogP contribution in [-0.2, 0) is 20.0 Å². The molecule has 0 aromatic heterocycles. The molecule has 0 saturated carbocycles. The Labute approximate surface area is 220 Å². The fourth-order valence-corrected chi connectivity index (χ4v) is 6.31. The van der Waals surface area contributed by atoms with E-state index in [9.17, 15) is 26.0 Å². The van der Waals surface area contributed by atoms with Gasteiger partial charge in [-0.05, 0) is 60.7 Å². The number of carbonyl (C=O) groups excluding carboxylic acids is 1. The molecule has 1 amide bonds. The molecular formula is C24H25ClFN3O6S2. The Kier molecular flexibility index (Phi) is 8.80. The first-order valence-electron chi connectivity index (χ1n) is 11.0. The van der Waals surface area contributed by atoms with Gasteiger partial charge in [-0.1, -0.05) is 25.4 Å². The number of rotatable bonds is 10. The Balaban J connectivity index is 1.94. The van der Waals surface area contributed by atoms with E-state index in [2.05, 4.69) is 10.0 Å². The van der Waals surface area contributed by atoms with Crippen LogP contribution in [0, 0.1) is 5.82 Å². The lowest BCUT2D eigenvalue weighted by Gasteiger charge is -2.19. The summed E-state index contributed by atoms with van der Waals surface area (Å²) >= 11 is 5.84. The van der Waals surface area contributed by atoms with E-state index in [1.165, 1.54) is 47.8 Å². The number of anilines is 2. The minimum atomic E-state index is -4.17. The fourth-order valence-electron chi connectivity index (χ4n) is 3.44. The minimum Gasteiger partial charge on any atom is -0.495 e. The van der Waals surface area contributed by atoms with Crippen LogP contribution in [0.2, 0.25) is 5.02 Å². The number of hydrogen-bond acceptors (Lipinski definition) is 6. The minimum absolute atomic E-state index is 0.00189. The second-order valence-electron chi connectivity index (χ2n) is 7.66. The van der Waals surface area contributed by atoms with Crippen molar-refractivity contribution in [2.75, 3.05) is 30.2 Å². The molecule has 198 valence electrons. The zero-order valence-corrected chi connectivity index (χ0v) is 22.5. The van der Waals surface area contributed by atoms with Crippen molar-refractivity contribution in [2.45, 2.75) is 23.6 Å². The molecule has 3 aromatic rings. The van der Waals surface area contributed by atoms with Gasteiger partial charge >= 0.3 is 0 Å². The maximum absolute atomic E-state index is 14.5. The molecule has 3 aromatic carbocycles. The van der Waals surface area contributed by atoms with Gasteiger partial charge in [0.25, 0.3) is 15.9 Å². The van der Waals surface area contributed by atoms with Crippen molar-refractivity contribution < 1.29 is 30.8 Å². The number of carbonyl (C=O) groups is 1. The highest BCUT2D eigenvalue weighted by atomic mass is 35.5. The van der Waals surface area contributed by atoms with Crippen LogP contribution in [0.15, 0.2) is 70.5 Å². The molecule has 2 N–H and O–H groups in total. The van der Waals surface area contributed by atoms with E-state index in [1.54, 1.807) is 13.8 Å². The summed E-state index contributed by atoms with van der Waals surface area (Å²) in [6.07, 6.45) is 0. The molecule has 0 aliphatic rings. The fraction of sp³-hybridized carbons (Fsp3) is 0.208. The van der Waals surface area contributed by atoms with Crippen molar-refractivity contribution in [2.24, 2.45) is 0 Å². The van der Waals surface area contributed by atoms with Crippen LogP contribution >= 0.6 is 11.6 Å². The van der Waals surface area contributed by atoms with Crippen molar-refractivity contribution in [3.8, 4) is 5.75 Å². The molecule has 0 saturated heterocycles. The number of amides is 1. The van der Waals surface area contributed by atoms with Gasteiger partial charge in [-0.3, -0.25) is 9.52 Å². The molecule has 9 nitrogen and oxygen atoms in total. The van der Waals surface area contributed by atoms with Crippen LogP contribution in [0.1, 0.15) is 24.2 Å². The SMILES string of the molecule is CCN(CC)S(=O)(=O)c1ccc(F)c(C(=O)Nc2ccc(OC)c(S(=O)(=O)Nc3ccc(Cl)cc3)c2)c1. The van der Waals surface area contributed by atoms with Crippen molar-refractivity contribution in [1.82, 2.24) is 4.31 Å². The molecular weight excluding hydrogens is 545 g/mol. The second kappa shape index (κ2) is 11.5. The predicted octanol–water partition coefficient (Wildman–Crippen LogP) is 4.57. The largest absolute Gasteiger partial charge is 0.495 e. The third-order valence-electron chi connectivity index (χ3n) is 5.33. The van der Waals surface area contributed by atoms with Gasteiger partial charge in [-0.25, -0.2) is 21.2 Å². The monoisotopic (exact) mass is 569 g/mol. The number of ether oxygens (including phenoxy) is 1. The van der Waals surface area contributed by atoms with Gasteiger partial charge in [0.1, 0.15) is 16.5 Å². The number of benzene rings is 3. The number of sulfonamides is 2. The zero-order chi connectivity index (χ0) is 27.4. The molecule has 0 aliphatic heterocycles. The molecule has 0 aliphatic carbocycles. The average Bonchev–Trinajstić information content (AvgIpc) is 2.86. The first-order chi connectivity index (χ1) is 17.4.